The fraction of sp³-hybridized carbons (Fsp3) is 0.143. The SMILES string of the molecule is Nc1ccc([N+](=O)[O-])c2c1Cc1c(N)ccc([N+](=O)[O-])c1C2. The molecule has 2 aromatic rings. The molecule has 8 heteroatoms. The van der Waals surface area contributed by atoms with Gasteiger partial charge in [0.1, 0.15) is 0 Å². The number of nitrogens with two attached hydrogens (primary N) is 2. The molecule has 1 aliphatic rings. The molecule has 0 saturated carbocycles. The highest BCUT2D eigenvalue weighted by Gasteiger charge is 2.31. The molecule has 0 unspecified atom stereocenters. The predicted molar refractivity (Wildman–Crippen MR) is 80.6 cm³/mol. The number of nitrogens with zero attached hydrogens (tertiary/aromatic N) is 2. The van der Waals surface area contributed by atoms with Crippen LogP contribution in [-0.4, -0.2) is 9.85 Å². The maximum absolute atomic E-state index is 11.2. The van der Waals surface area contributed by atoms with Crippen molar-refractivity contribution in [3.05, 3.63) is 66.7 Å². The summed E-state index contributed by atoms with van der Waals surface area (Å²) in [6.45, 7) is 0. The van der Waals surface area contributed by atoms with Crippen LogP contribution in [-0.2, 0) is 12.8 Å². The molecule has 0 saturated heterocycles. The minimum Gasteiger partial charge on any atom is -0.398 e. The number of hydrogen-bond acceptors (Lipinski definition) is 6. The Morgan fingerprint density at radius 1 is 0.727 bits per heavy atom. The van der Waals surface area contributed by atoms with Crippen LogP contribution in [0.15, 0.2) is 24.3 Å². The van der Waals surface area contributed by atoms with Crippen LogP contribution in [0.25, 0.3) is 0 Å². The molecule has 1 aliphatic carbocycles. The van der Waals surface area contributed by atoms with Crippen LogP contribution in [0.3, 0.4) is 0 Å². The highest BCUT2D eigenvalue weighted by Crippen LogP contribution is 2.41. The summed E-state index contributed by atoms with van der Waals surface area (Å²) in [5.41, 5.74) is 14.6. The van der Waals surface area contributed by atoms with Gasteiger partial charge in [0.25, 0.3) is 11.4 Å². The monoisotopic (exact) mass is 300 g/mol. The standard InChI is InChI=1S/C14H12N4O4/c15-11-1-3-13(17(19)20)9-6-10-8(5-7(9)11)12(16)2-4-14(10)18(21)22/h1-4H,5-6,15-16H2. The molecule has 4 N–H and O–H groups in total. The molecule has 0 bridgehead atoms. The second-order valence-corrected chi connectivity index (χ2v) is 5.13. The van der Waals surface area contributed by atoms with Crippen molar-refractivity contribution in [1.82, 2.24) is 0 Å². The van der Waals surface area contributed by atoms with Crippen molar-refractivity contribution in [2.75, 3.05) is 11.5 Å². The molecular weight excluding hydrogens is 288 g/mol. The van der Waals surface area contributed by atoms with Gasteiger partial charge >= 0.3 is 0 Å². The fourth-order valence-corrected chi connectivity index (χ4v) is 2.91. The maximum Gasteiger partial charge on any atom is 0.273 e. The van der Waals surface area contributed by atoms with Gasteiger partial charge in [-0.15, -0.1) is 0 Å². The van der Waals surface area contributed by atoms with E-state index in [1.165, 1.54) is 24.3 Å². The third-order valence-electron chi connectivity index (χ3n) is 3.99. The second kappa shape index (κ2) is 4.69. The van der Waals surface area contributed by atoms with Crippen LogP contribution >= 0.6 is 0 Å². The third-order valence-corrected chi connectivity index (χ3v) is 3.99. The van der Waals surface area contributed by atoms with E-state index in [0.29, 0.717) is 33.6 Å². The number of fused-ring (bicyclic) bond motifs is 2. The van der Waals surface area contributed by atoms with Crippen molar-refractivity contribution < 1.29 is 9.85 Å². The maximum atomic E-state index is 11.2. The van der Waals surface area contributed by atoms with Crippen LogP contribution < -0.4 is 11.5 Å². The largest absolute Gasteiger partial charge is 0.398 e. The van der Waals surface area contributed by atoms with Gasteiger partial charge in [-0.2, -0.15) is 0 Å². The van der Waals surface area contributed by atoms with Gasteiger partial charge in [-0.25, -0.2) is 0 Å². The number of nitro groups is 2. The van der Waals surface area contributed by atoms with Gasteiger partial charge in [0.2, 0.25) is 0 Å². The molecule has 0 heterocycles. The van der Waals surface area contributed by atoms with E-state index in [0.717, 1.165) is 0 Å². The number of benzene rings is 2. The first-order chi connectivity index (χ1) is 10.4. The number of anilines is 2. The summed E-state index contributed by atoms with van der Waals surface area (Å²) in [4.78, 5) is 21.4. The van der Waals surface area contributed by atoms with Gasteiger partial charge in [0.15, 0.2) is 0 Å². The lowest BCUT2D eigenvalue weighted by atomic mass is 9.82. The Balaban J connectivity index is 2.26. The minimum atomic E-state index is -0.499. The molecular formula is C14H12N4O4. The molecule has 0 atom stereocenters. The molecule has 112 valence electrons. The van der Waals surface area contributed by atoms with Gasteiger partial charge < -0.3 is 11.5 Å². The number of hydrogen-bond donors (Lipinski definition) is 2. The first-order valence-corrected chi connectivity index (χ1v) is 6.49. The van der Waals surface area contributed by atoms with Crippen molar-refractivity contribution in [1.29, 1.82) is 0 Å². The van der Waals surface area contributed by atoms with Crippen LogP contribution in [0.2, 0.25) is 0 Å². The van der Waals surface area contributed by atoms with Crippen molar-refractivity contribution >= 4 is 22.7 Å². The zero-order valence-corrected chi connectivity index (χ0v) is 11.4. The smallest absolute Gasteiger partial charge is 0.273 e. The van der Waals surface area contributed by atoms with E-state index in [1.54, 1.807) is 0 Å². The summed E-state index contributed by atoms with van der Waals surface area (Å²) in [5, 5.41) is 22.4. The molecule has 0 amide bonds. The normalized spacial score (nSPS) is 12.4. The van der Waals surface area contributed by atoms with Crippen LogP contribution in [0.4, 0.5) is 22.7 Å². The Bertz CT molecular complexity index is 765. The molecule has 0 aliphatic heterocycles. The van der Waals surface area contributed by atoms with Crippen molar-refractivity contribution in [3.63, 3.8) is 0 Å². The van der Waals surface area contributed by atoms with E-state index < -0.39 is 9.85 Å². The highest BCUT2D eigenvalue weighted by atomic mass is 16.6. The van der Waals surface area contributed by atoms with Gasteiger partial charge in [0, 0.05) is 47.5 Å². The average molecular weight is 300 g/mol. The molecule has 0 spiro atoms. The lowest BCUT2D eigenvalue weighted by molar-refractivity contribution is -0.386. The molecule has 3 rings (SSSR count). The van der Waals surface area contributed by atoms with Crippen LogP contribution in [0.1, 0.15) is 22.3 Å². The first-order valence-electron chi connectivity index (χ1n) is 6.49. The Labute approximate surface area is 124 Å². The van der Waals surface area contributed by atoms with Crippen LogP contribution in [0, 0.1) is 20.2 Å². The number of rotatable bonds is 2. The highest BCUT2D eigenvalue weighted by molar-refractivity contribution is 5.70. The Hall–Kier alpha value is -3.16. The number of nitro benzene ring substituents is 2. The van der Waals surface area contributed by atoms with E-state index in [1.807, 2.05) is 0 Å². The second-order valence-electron chi connectivity index (χ2n) is 5.13. The zero-order chi connectivity index (χ0) is 16.0. The van der Waals surface area contributed by atoms with Crippen molar-refractivity contribution in [3.8, 4) is 0 Å². The molecule has 0 fully saturated rings. The molecule has 22 heavy (non-hydrogen) atoms. The Kier molecular flexibility index (Phi) is 2.94. The molecule has 0 radical (unpaired) electrons. The summed E-state index contributed by atoms with van der Waals surface area (Å²) in [7, 11) is 0. The van der Waals surface area contributed by atoms with Crippen molar-refractivity contribution in [2.24, 2.45) is 0 Å². The topological polar surface area (TPSA) is 138 Å². The van der Waals surface area contributed by atoms with E-state index in [4.69, 9.17) is 11.5 Å². The lowest BCUT2D eigenvalue weighted by Crippen LogP contribution is -2.15. The third kappa shape index (κ3) is 1.93. The van der Waals surface area contributed by atoms with Gasteiger partial charge in [-0.3, -0.25) is 20.2 Å². The minimum absolute atomic E-state index is 0.0768. The quantitative estimate of drug-likeness (QED) is 0.422. The van der Waals surface area contributed by atoms with E-state index in [9.17, 15) is 20.2 Å². The summed E-state index contributed by atoms with van der Waals surface area (Å²) in [6.07, 6.45) is 0.332. The summed E-state index contributed by atoms with van der Waals surface area (Å²) < 4.78 is 0. The Morgan fingerprint density at radius 3 is 1.45 bits per heavy atom. The van der Waals surface area contributed by atoms with E-state index in [-0.39, 0.29) is 24.2 Å². The summed E-state index contributed by atoms with van der Waals surface area (Å²) in [5.74, 6) is 0. The molecule has 0 aromatic heterocycles. The summed E-state index contributed by atoms with van der Waals surface area (Å²) in [6, 6.07) is 5.62. The lowest BCUT2D eigenvalue weighted by Gasteiger charge is -2.22. The van der Waals surface area contributed by atoms with Crippen LogP contribution in [0.5, 0.6) is 0 Å². The predicted octanol–water partition coefficient (Wildman–Crippen LogP) is 2.16. The van der Waals surface area contributed by atoms with Gasteiger partial charge in [0.05, 0.1) is 9.85 Å². The first kappa shape index (κ1) is 13.8. The van der Waals surface area contributed by atoms with E-state index in [2.05, 4.69) is 0 Å². The summed E-state index contributed by atoms with van der Waals surface area (Å²) >= 11 is 0. The average Bonchev–Trinajstić information content (AvgIpc) is 2.46. The molecule has 2 aromatic carbocycles. The fourth-order valence-electron chi connectivity index (χ4n) is 2.91. The van der Waals surface area contributed by atoms with E-state index >= 15 is 0 Å². The Morgan fingerprint density at radius 2 is 1.09 bits per heavy atom. The number of nitrogen functional groups attached to an aromatic ring is 2. The zero-order valence-electron chi connectivity index (χ0n) is 11.4. The molecule has 8 nitrogen and oxygen atoms in total. The van der Waals surface area contributed by atoms with Gasteiger partial charge in [-0.05, 0) is 23.3 Å². The van der Waals surface area contributed by atoms with Gasteiger partial charge in [-0.1, -0.05) is 0 Å². The van der Waals surface area contributed by atoms with Crippen molar-refractivity contribution in [2.45, 2.75) is 12.8 Å².